The number of ether oxygens (including phenoxy) is 1. The fourth-order valence-electron chi connectivity index (χ4n) is 2.33. The Kier molecular flexibility index (Phi) is 4.07. The van der Waals surface area contributed by atoms with Gasteiger partial charge in [-0.15, -0.1) is 0 Å². The Morgan fingerprint density at radius 1 is 1.56 bits per heavy atom. The molecule has 1 saturated heterocycles. The maximum absolute atomic E-state index is 5.98. The Morgan fingerprint density at radius 2 is 2.33 bits per heavy atom. The number of aromatic nitrogens is 2. The SMILES string of the molecule is CC(C)NCc1cnn(CC2CCC(C)(C)O2)c1. The summed E-state index contributed by atoms with van der Waals surface area (Å²) in [7, 11) is 0. The van der Waals surface area contributed by atoms with Gasteiger partial charge < -0.3 is 10.1 Å². The van der Waals surface area contributed by atoms with Crippen LogP contribution in [0.5, 0.6) is 0 Å². The fourth-order valence-corrected chi connectivity index (χ4v) is 2.33. The topological polar surface area (TPSA) is 39.1 Å². The molecule has 102 valence electrons. The quantitative estimate of drug-likeness (QED) is 0.873. The van der Waals surface area contributed by atoms with Gasteiger partial charge in [-0.05, 0) is 26.7 Å². The molecule has 1 aromatic rings. The van der Waals surface area contributed by atoms with Crippen molar-refractivity contribution in [1.82, 2.24) is 15.1 Å². The van der Waals surface area contributed by atoms with Crippen LogP contribution in [0.25, 0.3) is 0 Å². The molecule has 2 rings (SSSR count). The third-order valence-corrected chi connectivity index (χ3v) is 3.35. The summed E-state index contributed by atoms with van der Waals surface area (Å²) < 4.78 is 7.99. The molecule has 0 radical (unpaired) electrons. The van der Waals surface area contributed by atoms with E-state index in [1.165, 1.54) is 5.56 Å². The summed E-state index contributed by atoms with van der Waals surface area (Å²) in [5.74, 6) is 0. The van der Waals surface area contributed by atoms with E-state index in [0.717, 1.165) is 25.9 Å². The standard InChI is InChI=1S/C14H25N3O/c1-11(2)15-7-12-8-16-17(9-12)10-13-5-6-14(3,4)18-13/h8-9,11,13,15H,5-7,10H2,1-4H3. The molecule has 1 aliphatic rings. The second-order valence-corrected chi connectivity index (χ2v) is 6.14. The molecule has 1 unspecified atom stereocenters. The number of hydrogen-bond donors (Lipinski definition) is 1. The van der Waals surface area contributed by atoms with Crippen molar-refractivity contribution >= 4 is 0 Å². The lowest BCUT2D eigenvalue weighted by Gasteiger charge is -2.19. The lowest BCUT2D eigenvalue weighted by atomic mass is 10.1. The molecule has 1 atom stereocenters. The Balaban J connectivity index is 1.83. The van der Waals surface area contributed by atoms with Gasteiger partial charge in [-0.25, -0.2) is 0 Å². The van der Waals surface area contributed by atoms with E-state index in [-0.39, 0.29) is 5.60 Å². The maximum atomic E-state index is 5.98. The van der Waals surface area contributed by atoms with E-state index in [0.29, 0.717) is 12.1 Å². The molecular formula is C14H25N3O. The van der Waals surface area contributed by atoms with Crippen LogP contribution in [-0.2, 0) is 17.8 Å². The van der Waals surface area contributed by atoms with Gasteiger partial charge in [0.25, 0.3) is 0 Å². The van der Waals surface area contributed by atoms with Gasteiger partial charge in [0.2, 0.25) is 0 Å². The van der Waals surface area contributed by atoms with Gasteiger partial charge in [0, 0.05) is 24.3 Å². The van der Waals surface area contributed by atoms with Crippen molar-refractivity contribution in [1.29, 1.82) is 0 Å². The molecule has 0 aliphatic carbocycles. The Hall–Kier alpha value is -0.870. The molecule has 0 spiro atoms. The number of hydrogen-bond acceptors (Lipinski definition) is 3. The lowest BCUT2D eigenvalue weighted by molar-refractivity contribution is -0.0229. The van der Waals surface area contributed by atoms with Gasteiger partial charge in [0.05, 0.1) is 24.4 Å². The van der Waals surface area contributed by atoms with E-state index in [1.807, 2.05) is 10.9 Å². The smallest absolute Gasteiger partial charge is 0.0779 e. The average molecular weight is 251 g/mol. The highest BCUT2D eigenvalue weighted by Crippen LogP contribution is 2.29. The van der Waals surface area contributed by atoms with Crippen LogP contribution < -0.4 is 5.32 Å². The van der Waals surface area contributed by atoms with E-state index in [9.17, 15) is 0 Å². The second kappa shape index (κ2) is 5.41. The molecule has 4 nitrogen and oxygen atoms in total. The van der Waals surface area contributed by atoms with E-state index in [2.05, 4.69) is 44.3 Å². The molecule has 1 aromatic heterocycles. The molecule has 4 heteroatoms. The normalized spacial score (nSPS) is 22.8. The molecule has 0 saturated carbocycles. The predicted molar refractivity (Wildman–Crippen MR) is 72.4 cm³/mol. The molecule has 2 heterocycles. The summed E-state index contributed by atoms with van der Waals surface area (Å²) in [6.45, 7) is 10.4. The third kappa shape index (κ3) is 3.82. The first kappa shape index (κ1) is 13.6. The number of rotatable bonds is 5. The Labute approximate surface area is 110 Å². The van der Waals surface area contributed by atoms with Crippen molar-refractivity contribution in [2.24, 2.45) is 0 Å². The van der Waals surface area contributed by atoms with E-state index >= 15 is 0 Å². The minimum absolute atomic E-state index is 0.0415. The zero-order valence-electron chi connectivity index (χ0n) is 11.9. The van der Waals surface area contributed by atoms with Crippen molar-refractivity contribution < 1.29 is 4.74 Å². The van der Waals surface area contributed by atoms with Crippen molar-refractivity contribution in [2.45, 2.75) is 71.4 Å². The van der Waals surface area contributed by atoms with Crippen LogP contribution in [0.3, 0.4) is 0 Å². The van der Waals surface area contributed by atoms with Crippen LogP contribution in [0.4, 0.5) is 0 Å². The fraction of sp³-hybridized carbons (Fsp3) is 0.786. The van der Waals surface area contributed by atoms with Crippen molar-refractivity contribution in [3.8, 4) is 0 Å². The molecule has 1 N–H and O–H groups in total. The van der Waals surface area contributed by atoms with Crippen LogP contribution in [0, 0.1) is 0 Å². The minimum Gasteiger partial charge on any atom is -0.370 e. The van der Waals surface area contributed by atoms with Crippen molar-refractivity contribution in [3.63, 3.8) is 0 Å². The van der Waals surface area contributed by atoms with Gasteiger partial charge in [-0.2, -0.15) is 5.10 Å². The maximum Gasteiger partial charge on any atom is 0.0779 e. The zero-order valence-corrected chi connectivity index (χ0v) is 11.9. The van der Waals surface area contributed by atoms with E-state index in [1.54, 1.807) is 0 Å². The molecule has 0 amide bonds. The summed E-state index contributed by atoms with van der Waals surface area (Å²) in [4.78, 5) is 0. The van der Waals surface area contributed by atoms with Gasteiger partial charge in [0.15, 0.2) is 0 Å². The predicted octanol–water partition coefficient (Wildman–Crippen LogP) is 2.34. The van der Waals surface area contributed by atoms with Crippen molar-refractivity contribution in [3.05, 3.63) is 18.0 Å². The van der Waals surface area contributed by atoms with Crippen LogP contribution in [0.15, 0.2) is 12.4 Å². The summed E-state index contributed by atoms with van der Waals surface area (Å²) in [5, 5.41) is 7.80. The second-order valence-electron chi connectivity index (χ2n) is 6.14. The van der Waals surface area contributed by atoms with Gasteiger partial charge >= 0.3 is 0 Å². The first-order valence-electron chi connectivity index (χ1n) is 6.87. The molecule has 18 heavy (non-hydrogen) atoms. The molecule has 0 aromatic carbocycles. The molecular weight excluding hydrogens is 226 g/mol. The summed E-state index contributed by atoms with van der Waals surface area (Å²) in [5.41, 5.74) is 1.28. The third-order valence-electron chi connectivity index (χ3n) is 3.35. The highest BCUT2D eigenvalue weighted by molar-refractivity contribution is 5.03. The van der Waals surface area contributed by atoms with Crippen LogP contribution in [0.1, 0.15) is 46.1 Å². The van der Waals surface area contributed by atoms with Gasteiger partial charge in [-0.1, -0.05) is 13.8 Å². The number of nitrogens with one attached hydrogen (secondary N) is 1. The minimum atomic E-state index is 0.0415. The Morgan fingerprint density at radius 3 is 2.94 bits per heavy atom. The van der Waals surface area contributed by atoms with Crippen LogP contribution >= 0.6 is 0 Å². The Bertz CT molecular complexity index is 384. The van der Waals surface area contributed by atoms with E-state index in [4.69, 9.17) is 4.74 Å². The average Bonchev–Trinajstić information content (AvgIpc) is 2.83. The lowest BCUT2D eigenvalue weighted by Crippen LogP contribution is -2.23. The summed E-state index contributed by atoms with van der Waals surface area (Å²) in [6, 6.07) is 0.507. The molecule has 1 aliphatic heterocycles. The monoisotopic (exact) mass is 251 g/mol. The van der Waals surface area contributed by atoms with E-state index < -0.39 is 0 Å². The molecule has 0 bridgehead atoms. The van der Waals surface area contributed by atoms with Gasteiger partial charge in [0.1, 0.15) is 0 Å². The van der Waals surface area contributed by atoms with Crippen LogP contribution in [0.2, 0.25) is 0 Å². The first-order valence-corrected chi connectivity index (χ1v) is 6.87. The van der Waals surface area contributed by atoms with Crippen molar-refractivity contribution in [2.75, 3.05) is 0 Å². The largest absolute Gasteiger partial charge is 0.370 e. The zero-order chi connectivity index (χ0) is 13.2. The van der Waals surface area contributed by atoms with Crippen LogP contribution in [-0.4, -0.2) is 27.5 Å². The van der Waals surface area contributed by atoms with Gasteiger partial charge in [-0.3, -0.25) is 4.68 Å². The highest BCUT2D eigenvalue weighted by atomic mass is 16.5. The number of nitrogens with zero attached hydrogens (tertiary/aromatic N) is 2. The summed E-state index contributed by atoms with van der Waals surface area (Å²) >= 11 is 0. The molecule has 1 fully saturated rings. The highest BCUT2D eigenvalue weighted by Gasteiger charge is 2.31. The first-order chi connectivity index (χ1) is 8.44. The summed E-state index contributed by atoms with van der Waals surface area (Å²) in [6.07, 6.45) is 6.64.